The monoisotopic (exact) mass is 287 g/mol. The fraction of sp³-hybridized carbons (Fsp3) is 0.364. The molecule has 3 nitrogen and oxygen atoms in total. The molecular formula is C11H14ClN3S2. The molecule has 2 N–H and O–H groups in total. The molecule has 0 fully saturated rings. The van der Waals surface area contributed by atoms with Crippen molar-refractivity contribution in [2.75, 3.05) is 11.9 Å². The van der Waals surface area contributed by atoms with Crippen LogP contribution in [-0.2, 0) is 13.1 Å². The number of aryl methyl sites for hydroxylation is 1. The van der Waals surface area contributed by atoms with E-state index in [1.54, 1.807) is 22.7 Å². The SMILES string of the molecule is Cc1nc(N(C)Cc2ccc(Cl)s2)sc1CN. The van der Waals surface area contributed by atoms with Crippen LogP contribution in [0.5, 0.6) is 0 Å². The van der Waals surface area contributed by atoms with Crippen molar-refractivity contribution in [1.29, 1.82) is 0 Å². The molecule has 0 radical (unpaired) electrons. The predicted octanol–water partition coefficient (Wildman–Crippen LogP) is 3.26. The Balaban J connectivity index is 2.11. The molecule has 0 spiro atoms. The third-order valence-corrected chi connectivity index (χ3v) is 4.93. The van der Waals surface area contributed by atoms with Crippen LogP contribution in [0.2, 0.25) is 4.34 Å². The van der Waals surface area contributed by atoms with E-state index in [9.17, 15) is 0 Å². The lowest BCUT2D eigenvalue weighted by molar-refractivity contribution is 0.925. The normalized spacial score (nSPS) is 10.8. The molecule has 0 saturated carbocycles. The van der Waals surface area contributed by atoms with Crippen molar-refractivity contribution in [1.82, 2.24) is 4.98 Å². The number of aromatic nitrogens is 1. The van der Waals surface area contributed by atoms with E-state index >= 15 is 0 Å². The highest BCUT2D eigenvalue weighted by molar-refractivity contribution is 7.16. The van der Waals surface area contributed by atoms with Gasteiger partial charge in [-0.3, -0.25) is 0 Å². The van der Waals surface area contributed by atoms with Gasteiger partial charge in [-0.2, -0.15) is 0 Å². The molecule has 0 saturated heterocycles. The smallest absolute Gasteiger partial charge is 0.185 e. The van der Waals surface area contributed by atoms with Crippen LogP contribution in [0, 0.1) is 6.92 Å². The number of rotatable bonds is 4. The van der Waals surface area contributed by atoms with E-state index in [1.807, 2.05) is 26.1 Å². The summed E-state index contributed by atoms with van der Waals surface area (Å²) in [6.07, 6.45) is 0. The topological polar surface area (TPSA) is 42.2 Å². The Kier molecular flexibility index (Phi) is 4.04. The number of halogens is 1. The Morgan fingerprint density at radius 1 is 1.41 bits per heavy atom. The quantitative estimate of drug-likeness (QED) is 0.938. The van der Waals surface area contributed by atoms with Crippen LogP contribution in [0.25, 0.3) is 0 Å². The van der Waals surface area contributed by atoms with Gasteiger partial charge in [0.1, 0.15) is 0 Å². The van der Waals surface area contributed by atoms with Gasteiger partial charge in [-0.15, -0.1) is 22.7 Å². The van der Waals surface area contributed by atoms with Gasteiger partial charge < -0.3 is 10.6 Å². The predicted molar refractivity (Wildman–Crippen MR) is 76.2 cm³/mol. The van der Waals surface area contributed by atoms with E-state index in [0.717, 1.165) is 26.6 Å². The lowest BCUT2D eigenvalue weighted by atomic mass is 10.4. The maximum atomic E-state index is 5.91. The van der Waals surface area contributed by atoms with Gasteiger partial charge in [-0.05, 0) is 19.1 Å². The van der Waals surface area contributed by atoms with Crippen LogP contribution in [0.4, 0.5) is 5.13 Å². The van der Waals surface area contributed by atoms with Crippen molar-refractivity contribution in [3.05, 3.63) is 31.9 Å². The molecule has 6 heteroatoms. The second kappa shape index (κ2) is 5.35. The minimum Gasteiger partial charge on any atom is -0.346 e. The summed E-state index contributed by atoms with van der Waals surface area (Å²) in [5, 5.41) is 1.01. The first-order valence-electron chi connectivity index (χ1n) is 5.22. The first-order valence-corrected chi connectivity index (χ1v) is 7.23. The van der Waals surface area contributed by atoms with E-state index in [0.29, 0.717) is 6.54 Å². The summed E-state index contributed by atoms with van der Waals surface area (Å²) in [4.78, 5) is 9.03. The zero-order chi connectivity index (χ0) is 12.4. The molecule has 0 bridgehead atoms. The first kappa shape index (κ1) is 12.8. The first-order chi connectivity index (χ1) is 8.10. The summed E-state index contributed by atoms with van der Waals surface area (Å²) >= 11 is 9.17. The van der Waals surface area contributed by atoms with Gasteiger partial charge in [0.15, 0.2) is 5.13 Å². The van der Waals surface area contributed by atoms with Gasteiger partial charge in [-0.1, -0.05) is 11.6 Å². The molecule has 17 heavy (non-hydrogen) atoms. The molecule has 0 aliphatic rings. The molecule has 2 rings (SSSR count). The Labute approximate surface area is 114 Å². The molecule has 92 valence electrons. The van der Waals surface area contributed by atoms with Gasteiger partial charge in [0, 0.05) is 23.3 Å². The Morgan fingerprint density at radius 3 is 2.71 bits per heavy atom. The maximum absolute atomic E-state index is 5.91. The fourth-order valence-corrected chi connectivity index (χ4v) is 3.54. The standard InChI is InChI=1S/C11H14ClN3S2/c1-7-9(5-13)17-11(14-7)15(2)6-8-3-4-10(12)16-8/h3-4H,5-6,13H2,1-2H3. The van der Waals surface area contributed by atoms with Gasteiger partial charge in [0.05, 0.1) is 16.6 Å². The summed E-state index contributed by atoms with van der Waals surface area (Å²) in [5.41, 5.74) is 6.69. The van der Waals surface area contributed by atoms with Gasteiger partial charge >= 0.3 is 0 Å². The van der Waals surface area contributed by atoms with Crippen LogP contribution < -0.4 is 10.6 Å². The number of hydrogen-bond donors (Lipinski definition) is 1. The molecule has 0 aliphatic carbocycles. The number of nitrogens with two attached hydrogens (primary N) is 1. The largest absolute Gasteiger partial charge is 0.346 e. The Hall–Kier alpha value is -0.620. The second-order valence-electron chi connectivity index (χ2n) is 3.77. The zero-order valence-corrected chi connectivity index (χ0v) is 12.1. The molecule has 0 aliphatic heterocycles. The van der Waals surface area contributed by atoms with E-state index in [-0.39, 0.29) is 0 Å². The molecule has 0 aromatic carbocycles. The summed E-state index contributed by atoms with van der Waals surface area (Å²) < 4.78 is 0.825. The highest BCUT2D eigenvalue weighted by Crippen LogP contribution is 2.28. The van der Waals surface area contributed by atoms with E-state index < -0.39 is 0 Å². The summed E-state index contributed by atoms with van der Waals surface area (Å²) in [7, 11) is 2.03. The van der Waals surface area contributed by atoms with Crippen LogP contribution in [0.3, 0.4) is 0 Å². The fourth-order valence-electron chi connectivity index (χ4n) is 1.50. The van der Waals surface area contributed by atoms with Gasteiger partial charge in [-0.25, -0.2) is 4.98 Å². The minimum atomic E-state index is 0.558. The van der Waals surface area contributed by atoms with Crippen molar-refractivity contribution < 1.29 is 0 Å². The molecule has 2 heterocycles. The third kappa shape index (κ3) is 2.98. The average molecular weight is 288 g/mol. The maximum Gasteiger partial charge on any atom is 0.185 e. The van der Waals surface area contributed by atoms with Gasteiger partial charge in [0.2, 0.25) is 0 Å². The van der Waals surface area contributed by atoms with Crippen molar-refractivity contribution in [2.45, 2.75) is 20.0 Å². The van der Waals surface area contributed by atoms with Crippen molar-refractivity contribution in [3.8, 4) is 0 Å². The van der Waals surface area contributed by atoms with Crippen LogP contribution in [0.1, 0.15) is 15.4 Å². The molecule has 0 atom stereocenters. The molecule has 0 unspecified atom stereocenters. The lowest BCUT2D eigenvalue weighted by Crippen LogP contribution is -2.15. The summed E-state index contributed by atoms with van der Waals surface area (Å²) in [6.45, 7) is 3.38. The highest BCUT2D eigenvalue weighted by Gasteiger charge is 2.11. The number of thiophene rings is 1. The number of hydrogen-bond acceptors (Lipinski definition) is 5. The van der Waals surface area contributed by atoms with Crippen molar-refractivity contribution in [3.63, 3.8) is 0 Å². The molecular weight excluding hydrogens is 274 g/mol. The summed E-state index contributed by atoms with van der Waals surface area (Å²) in [5.74, 6) is 0. The molecule has 2 aromatic rings. The number of nitrogens with zero attached hydrogens (tertiary/aromatic N) is 2. The Morgan fingerprint density at radius 2 is 2.18 bits per heavy atom. The number of thiazole rings is 1. The minimum absolute atomic E-state index is 0.558. The lowest BCUT2D eigenvalue weighted by Gasteiger charge is -2.13. The summed E-state index contributed by atoms with van der Waals surface area (Å²) in [6, 6.07) is 3.97. The van der Waals surface area contributed by atoms with Crippen LogP contribution >= 0.6 is 34.3 Å². The molecule has 2 aromatic heterocycles. The Bertz CT molecular complexity index is 507. The van der Waals surface area contributed by atoms with Crippen molar-refractivity contribution >= 4 is 39.4 Å². The van der Waals surface area contributed by atoms with Crippen LogP contribution in [-0.4, -0.2) is 12.0 Å². The molecule has 0 amide bonds. The zero-order valence-electron chi connectivity index (χ0n) is 9.74. The van der Waals surface area contributed by atoms with Crippen LogP contribution in [0.15, 0.2) is 12.1 Å². The van der Waals surface area contributed by atoms with Crippen molar-refractivity contribution in [2.24, 2.45) is 5.73 Å². The van der Waals surface area contributed by atoms with E-state index in [4.69, 9.17) is 17.3 Å². The second-order valence-corrected chi connectivity index (χ2v) is 6.63. The van der Waals surface area contributed by atoms with E-state index in [1.165, 1.54) is 4.88 Å². The third-order valence-electron chi connectivity index (χ3n) is 2.42. The highest BCUT2D eigenvalue weighted by atomic mass is 35.5. The average Bonchev–Trinajstić information content (AvgIpc) is 2.85. The number of anilines is 1. The van der Waals surface area contributed by atoms with E-state index in [2.05, 4.69) is 9.88 Å². The van der Waals surface area contributed by atoms with Gasteiger partial charge in [0.25, 0.3) is 0 Å².